The molecular weight excluding hydrogens is 278 g/mol. The van der Waals surface area contributed by atoms with E-state index in [4.69, 9.17) is 5.73 Å². The molecule has 1 radical (unpaired) electrons. The zero-order valence-electron chi connectivity index (χ0n) is 11.5. The molecule has 0 bridgehead atoms. The van der Waals surface area contributed by atoms with Gasteiger partial charge in [-0.15, -0.1) is 0 Å². The van der Waals surface area contributed by atoms with Crippen molar-refractivity contribution >= 4 is 21.6 Å². The lowest BCUT2D eigenvalue weighted by atomic mass is 10.1. The fourth-order valence-electron chi connectivity index (χ4n) is 2.18. The van der Waals surface area contributed by atoms with Gasteiger partial charge in [-0.1, -0.05) is 0 Å². The van der Waals surface area contributed by atoms with Crippen molar-refractivity contribution in [3.8, 4) is 0 Å². The van der Waals surface area contributed by atoms with Crippen molar-refractivity contribution in [2.24, 2.45) is 0 Å². The normalized spacial score (nSPS) is 18.1. The predicted molar refractivity (Wildman–Crippen MR) is 78.1 cm³/mol. The second-order valence-corrected chi connectivity index (χ2v) is 7.37. The van der Waals surface area contributed by atoms with E-state index in [9.17, 15) is 8.42 Å². The van der Waals surface area contributed by atoms with Crippen molar-refractivity contribution in [1.29, 1.82) is 0 Å². The van der Waals surface area contributed by atoms with Crippen LogP contribution in [0.3, 0.4) is 0 Å². The monoisotopic (exact) mass is 298 g/mol. The van der Waals surface area contributed by atoms with E-state index in [2.05, 4.69) is 26.3 Å². The van der Waals surface area contributed by atoms with Crippen LogP contribution < -0.4 is 11.1 Å². The molecule has 3 N–H and O–H groups in total. The minimum atomic E-state index is -2.88. The highest BCUT2D eigenvalue weighted by atomic mass is 32.2. The number of hydrogen-bond acceptors (Lipinski definition) is 7. The first kappa shape index (κ1) is 15.0. The van der Waals surface area contributed by atoms with Crippen LogP contribution in [0, 0.1) is 6.07 Å². The standard InChI is InChI=1S/C12H20N5O2S/c1-20(18,19)9-8-17-6-3-10(4-7-17)15-12-14-5-2-11(13)16-12/h5,10H,3-4,6-9H2,1H3,(H3,13,14,15,16). The Morgan fingerprint density at radius 2 is 2.20 bits per heavy atom. The summed E-state index contributed by atoms with van der Waals surface area (Å²) >= 11 is 0. The molecule has 7 nitrogen and oxygen atoms in total. The van der Waals surface area contributed by atoms with Crippen LogP contribution in [0.4, 0.5) is 11.8 Å². The summed E-state index contributed by atoms with van der Waals surface area (Å²) in [5.74, 6) is 1.07. The second-order valence-electron chi connectivity index (χ2n) is 5.11. The van der Waals surface area contributed by atoms with Gasteiger partial charge in [-0.05, 0) is 12.8 Å². The number of likely N-dealkylation sites (tertiary alicyclic amines) is 1. The molecule has 1 saturated heterocycles. The molecule has 1 aromatic heterocycles. The Labute approximate surface area is 119 Å². The Morgan fingerprint density at radius 3 is 2.80 bits per heavy atom. The SMILES string of the molecule is CS(=O)(=O)CCN1CCC(Nc2nc[c]c(N)n2)CC1. The summed E-state index contributed by atoms with van der Waals surface area (Å²) in [5.41, 5.74) is 5.55. The van der Waals surface area contributed by atoms with E-state index in [-0.39, 0.29) is 5.75 Å². The first-order valence-electron chi connectivity index (χ1n) is 6.59. The number of anilines is 2. The second kappa shape index (κ2) is 6.36. The average molecular weight is 298 g/mol. The summed E-state index contributed by atoms with van der Waals surface area (Å²) in [6, 6.07) is 2.99. The van der Waals surface area contributed by atoms with Gasteiger partial charge in [-0.2, -0.15) is 4.98 Å². The van der Waals surface area contributed by atoms with Crippen LogP contribution >= 0.6 is 0 Å². The van der Waals surface area contributed by atoms with Crippen LogP contribution in [0.2, 0.25) is 0 Å². The maximum Gasteiger partial charge on any atom is 0.224 e. The number of aromatic nitrogens is 2. The quantitative estimate of drug-likeness (QED) is 0.775. The van der Waals surface area contributed by atoms with Crippen LogP contribution in [0.25, 0.3) is 0 Å². The minimum Gasteiger partial charge on any atom is -0.383 e. The summed E-state index contributed by atoms with van der Waals surface area (Å²) in [4.78, 5) is 10.3. The van der Waals surface area contributed by atoms with Gasteiger partial charge in [0.15, 0.2) is 0 Å². The number of hydrogen-bond donors (Lipinski definition) is 2. The van der Waals surface area contributed by atoms with Gasteiger partial charge in [0.05, 0.1) is 5.75 Å². The Kier molecular flexibility index (Phi) is 4.77. The molecular formula is C12H20N5O2S. The molecule has 1 aliphatic heterocycles. The highest BCUT2D eigenvalue weighted by Crippen LogP contribution is 2.14. The number of nitrogens with two attached hydrogens (primary N) is 1. The van der Waals surface area contributed by atoms with Crippen LogP contribution in [-0.4, -0.2) is 61.0 Å². The molecule has 0 aliphatic carbocycles. The third kappa shape index (κ3) is 4.93. The number of nitrogens with one attached hydrogen (secondary N) is 1. The highest BCUT2D eigenvalue weighted by Gasteiger charge is 2.20. The van der Waals surface area contributed by atoms with Crippen molar-refractivity contribution in [3.63, 3.8) is 0 Å². The number of rotatable bonds is 5. The predicted octanol–water partition coefficient (Wildman–Crippen LogP) is -0.220. The number of sulfone groups is 1. The van der Waals surface area contributed by atoms with Crippen molar-refractivity contribution in [1.82, 2.24) is 14.9 Å². The van der Waals surface area contributed by atoms with E-state index in [1.807, 2.05) is 0 Å². The lowest BCUT2D eigenvalue weighted by Gasteiger charge is -2.32. The molecule has 2 heterocycles. The molecule has 0 saturated carbocycles. The van der Waals surface area contributed by atoms with Crippen molar-refractivity contribution in [2.45, 2.75) is 18.9 Å². The maximum absolute atomic E-state index is 11.1. The van der Waals surface area contributed by atoms with Gasteiger partial charge in [-0.25, -0.2) is 13.4 Å². The smallest absolute Gasteiger partial charge is 0.224 e. The molecule has 2 rings (SSSR count). The minimum absolute atomic E-state index is 0.221. The number of nitrogens with zero attached hydrogens (tertiary/aromatic N) is 3. The van der Waals surface area contributed by atoms with E-state index in [0.717, 1.165) is 25.9 Å². The third-order valence-corrected chi connectivity index (χ3v) is 4.25. The molecule has 8 heteroatoms. The van der Waals surface area contributed by atoms with E-state index >= 15 is 0 Å². The van der Waals surface area contributed by atoms with Gasteiger partial charge in [0.2, 0.25) is 5.95 Å². The molecule has 0 unspecified atom stereocenters. The molecule has 111 valence electrons. The zero-order valence-corrected chi connectivity index (χ0v) is 12.4. The summed E-state index contributed by atoms with van der Waals surface area (Å²) in [5, 5.41) is 3.25. The highest BCUT2D eigenvalue weighted by molar-refractivity contribution is 7.90. The molecule has 20 heavy (non-hydrogen) atoms. The lowest BCUT2D eigenvalue weighted by molar-refractivity contribution is 0.230. The Balaban J connectivity index is 1.77. The Hall–Kier alpha value is -1.41. The van der Waals surface area contributed by atoms with E-state index in [1.54, 1.807) is 0 Å². The maximum atomic E-state index is 11.1. The molecule has 0 aromatic carbocycles. The van der Waals surface area contributed by atoms with Gasteiger partial charge < -0.3 is 16.0 Å². The average Bonchev–Trinajstić information content (AvgIpc) is 2.37. The van der Waals surface area contributed by atoms with Crippen LogP contribution in [0.15, 0.2) is 6.20 Å². The summed E-state index contributed by atoms with van der Waals surface area (Å²) < 4.78 is 22.3. The van der Waals surface area contributed by atoms with Gasteiger partial charge in [0, 0.05) is 44.2 Å². The van der Waals surface area contributed by atoms with Crippen molar-refractivity contribution in [2.75, 3.05) is 42.7 Å². The Morgan fingerprint density at radius 1 is 1.50 bits per heavy atom. The van der Waals surface area contributed by atoms with Gasteiger partial charge in [0.25, 0.3) is 0 Å². The first-order chi connectivity index (χ1) is 9.42. The van der Waals surface area contributed by atoms with E-state index in [0.29, 0.717) is 24.4 Å². The van der Waals surface area contributed by atoms with Crippen LogP contribution in [0.5, 0.6) is 0 Å². The van der Waals surface area contributed by atoms with Crippen LogP contribution in [-0.2, 0) is 9.84 Å². The van der Waals surface area contributed by atoms with E-state index in [1.165, 1.54) is 12.5 Å². The van der Waals surface area contributed by atoms with Crippen molar-refractivity contribution < 1.29 is 8.42 Å². The molecule has 0 spiro atoms. The summed E-state index contributed by atoms with van der Waals surface area (Å²) in [6.07, 6.45) is 4.65. The first-order valence-corrected chi connectivity index (χ1v) is 8.65. The molecule has 0 atom stereocenters. The largest absolute Gasteiger partial charge is 0.383 e. The third-order valence-electron chi connectivity index (χ3n) is 3.32. The zero-order chi connectivity index (χ0) is 14.6. The topological polar surface area (TPSA) is 101 Å². The molecule has 0 amide bonds. The van der Waals surface area contributed by atoms with Crippen LogP contribution in [0.1, 0.15) is 12.8 Å². The fraction of sp³-hybridized carbons (Fsp3) is 0.667. The lowest BCUT2D eigenvalue weighted by Crippen LogP contribution is -2.41. The number of nitrogen functional groups attached to an aromatic ring is 1. The molecule has 1 aliphatic rings. The number of piperidine rings is 1. The van der Waals surface area contributed by atoms with Gasteiger partial charge >= 0.3 is 0 Å². The Bertz CT molecular complexity index is 541. The summed E-state index contributed by atoms with van der Waals surface area (Å²) in [7, 11) is -2.88. The van der Waals surface area contributed by atoms with Gasteiger partial charge in [-0.3, -0.25) is 0 Å². The summed E-state index contributed by atoms with van der Waals surface area (Å²) in [6.45, 7) is 2.36. The van der Waals surface area contributed by atoms with Gasteiger partial charge in [0.1, 0.15) is 15.7 Å². The fourth-order valence-corrected chi connectivity index (χ4v) is 2.77. The molecule has 1 aromatic rings. The van der Waals surface area contributed by atoms with Crippen molar-refractivity contribution in [3.05, 3.63) is 12.3 Å². The van der Waals surface area contributed by atoms with E-state index < -0.39 is 9.84 Å². The molecule has 1 fully saturated rings.